The van der Waals surface area contributed by atoms with E-state index < -0.39 is 36.2 Å². The Kier molecular flexibility index (Phi) is 9.86. The van der Waals surface area contributed by atoms with Gasteiger partial charge in [0.25, 0.3) is 0 Å². The Hall–Kier alpha value is -3.45. The van der Waals surface area contributed by atoms with Crippen LogP contribution in [0.2, 0.25) is 0 Å². The second-order valence-electron chi connectivity index (χ2n) is 9.49. The molecular weight excluding hydrogens is 506 g/mol. The number of hydrogen-bond donors (Lipinski definition) is 2. The van der Waals surface area contributed by atoms with Crippen molar-refractivity contribution in [2.24, 2.45) is 7.05 Å². The molecule has 2 unspecified atom stereocenters. The molecule has 2 aliphatic rings. The Morgan fingerprint density at radius 3 is 2.21 bits per heavy atom. The number of ether oxygens (including phenoxy) is 1. The molecule has 0 spiro atoms. The number of fused-ring (bicyclic) bond motifs is 2. The molecule has 2 bridgehead atoms. The number of aliphatic carboxylic acids is 2. The summed E-state index contributed by atoms with van der Waals surface area (Å²) in [6.45, 7) is 1.32. The zero-order chi connectivity index (χ0) is 28.0. The number of aromatic nitrogens is 3. The number of carboxylic acids is 2. The van der Waals surface area contributed by atoms with Gasteiger partial charge in [-0.1, -0.05) is 24.3 Å². The molecule has 13 heteroatoms. The first kappa shape index (κ1) is 29.1. The van der Waals surface area contributed by atoms with Gasteiger partial charge in [-0.25, -0.2) is 32.5 Å². The number of piperidine rings is 1. The predicted octanol–water partition coefficient (Wildman–Crippen LogP) is 1.43. The lowest BCUT2D eigenvalue weighted by molar-refractivity contribution is -0.159. The van der Waals surface area contributed by atoms with E-state index in [1.165, 1.54) is 11.6 Å². The summed E-state index contributed by atoms with van der Waals surface area (Å²) < 4.78 is 36.3. The van der Waals surface area contributed by atoms with Crippen LogP contribution in [0.3, 0.4) is 0 Å². The van der Waals surface area contributed by atoms with E-state index in [1.807, 2.05) is 18.2 Å². The first-order valence-corrected chi connectivity index (χ1v) is 12.3. The molecule has 2 N–H and O–H groups in total. The number of halogens is 2. The molecule has 2 aliphatic heterocycles. The maximum Gasteiger partial charge on any atom is 0.414 e. The van der Waals surface area contributed by atoms with Gasteiger partial charge in [-0.2, -0.15) is 4.98 Å². The van der Waals surface area contributed by atoms with Crippen molar-refractivity contribution >= 4 is 11.9 Å². The van der Waals surface area contributed by atoms with Gasteiger partial charge in [-0.3, -0.25) is 9.47 Å². The van der Waals surface area contributed by atoms with Gasteiger partial charge < -0.3 is 14.9 Å². The first-order valence-electron chi connectivity index (χ1n) is 12.3. The van der Waals surface area contributed by atoms with Gasteiger partial charge in [0.2, 0.25) is 0 Å². The molecule has 3 atom stereocenters. The predicted molar refractivity (Wildman–Crippen MR) is 131 cm³/mol. The monoisotopic (exact) mass is 538 g/mol. The quantitative estimate of drug-likeness (QED) is 0.477. The van der Waals surface area contributed by atoms with Crippen LogP contribution in [0.4, 0.5) is 8.78 Å². The molecule has 208 valence electrons. The van der Waals surface area contributed by atoms with Gasteiger partial charge in [-0.05, 0) is 43.7 Å². The second-order valence-corrected chi connectivity index (χ2v) is 9.49. The van der Waals surface area contributed by atoms with E-state index in [-0.39, 0.29) is 31.3 Å². The van der Waals surface area contributed by atoms with Crippen molar-refractivity contribution in [2.75, 3.05) is 6.54 Å². The van der Waals surface area contributed by atoms with Crippen molar-refractivity contribution in [2.45, 2.75) is 76.8 Å². The summed E-state index contributed by atoms with van der Waals surface area (Å²) in [5, 5.41) is 14.8. The summed E-state index contributed by atoms with van der Waals surface area (Å²) in [4.78, 5) is 48.6. The van der Waals surface area contributed by atoms with E-state index in [1.54, 1.807) is 13.0 Å². The molecule has 1 aromatic carbocycles. The number of benzene rings is 1. The topological polar surface area (TPSA) is 144 Å². The van der Waals surface area contributed by atoms with Crippen molar-refractivity contribution < 1.29 is 33.3 Å². The largest absolute Gasteiger partial charge is 0.473 e. The summed E-state index contributed by atoms with van der Waals surface area (Å²) in [5.41, 5.74) is 0.262. The molecule has 38 heavy (non-hydrogen) atoms. The van der Waals surface area contributed by atoms with Gasteiger partial charge in [0.1, 0.15) is 18.7 Å². The number of nitrogens with zero attached hydrogens (tertiary/aromatic N) is 4. The van der Waals surface area contributed by atoms with Gasteiger partial charge >= 0.3 is 23.3 Å². The SMILES string of the molecule is Cc1nc(=O)n(C[C@@H](F)CN2C3CCC2CC(OCc2ccccc2CF)C3)c(=O)n1C.O=C(O)C(=O)O. The standard InChI is InChI=1S/C23H30F2N4O3.C2H2O4/c1-15-26-22(30)29(23(31)27(15)2)13-18(25)12-28-19-7-8-20(28)10-21(9-19)32-14-17-6-4-3-5-16(17)11-24;3-1(4)2(5)6/h3-6,18-21H,7-14H2,1-2H3;(H,3,4)(H,5,6)/t18-,19?,20?,21?;/m0./s1. The fraction of sp³-hybridized carbons (Fsp3) is 0.560. The van der Waals surface area contributed by atoms with Crippen LogP contribution in [0.5, 0.6) is 0 Å². The van der Waals surface area contributed by atoms with Crippen LogP contribution in [-0.2, 0) is 41.2 Å². The maximum atomic E-state index is 14.9. The van der Waals surface area contributed by atoms with E-state index >= 15 is 0 Å². The highest BCUT2D eigenvalue weighted by atomic mass is 19.1. The summed E-state index contributed by atoms with van der Waals surface area (Å²) in [6, 6.07) is 7.79. The van der Waals surface area contributed by atoms with Crippen LogP contribution in [0.1, 0.15) is 42.6 Å². The number of carboxylic acid groups (broad SMARTS) is 2. The van der Waals surface area contributed by atoms with Crippen molar-refractivity contribution in [1.82, 2.24) is 19.0 Å². The van der Waals surface area contributed by atoms with E-state index in [0.717, 1.165) is 35.8 Å². The lowest BCUT2D eigenvalue weighted by Gasteiger charge is -2.39. The minimum atomic E-state index is -1.82. The number of carbonyl (C=O) groups is 2. The second kappa shape index (κ2) is 12.9. The molecule has 4 rings (SSSR count). The molecule has 0 radical (unpaired) electrons. The van der Waals surface area contributed by atoms with Crippen LogP contribution in [-0.4, -0.2) is 72.1 Å². The number of rotatable bonds is 8. The van der Waals surface area contributed by atoms with Crippen molar-refractivity contribution in [3.63, 3.8) is 0 Å². The summed E-state index contributed by atoms with van der Waals surface area (Å²) in [5.74, 6) is -3.34. The van der Waals surface area contributed by atoms with Crippen LogP contribution in [0.15, 0.2) is 33.9 Å². The summed E-state index contributed by atoms with van der Waals surface area (Å²) >= 11 is 0. The Bertz CT molecular complexity index is 1240. The van der Waals surface area contributed by atoms with Gasteiger partial charge in [0, 0.05) is 25.7 Å². The van der Waals surface area contributed by atoms with Crippen LogP contribution in [0.25, 0.3) is 0 Å². The number of aryl methyl sites for hydroxylation is 1. The maximum absolute atomic E-state index is 14.9. The Labute approximate surface area is 217 Å². The molecule has 0 saturated carbocycles. The zero-order valence-corrected chi connectivity index (χ0v) is 21.3. The van der Waals surface area contributed by atoms with E-state index in [0.29, 0.717) is 18.0 Å². The Morgan fingerprint density at radius 1 is 1.08 bits per heavy atom. The highest BCUT2D eigenvalue weighted by Crippen LogP contribution is 2.37. The van der Waals surface area contributed by atoms with Crippen LogP contribution < -0.4 is 11.4 Å². The first-order chi connectivity index (χ1) is 18.0. The normalized spacial score (nSPS) is 21.4. The van der Waals surface area contributed by atoms with E-state index in [4.69, 9.17) is 24.5 Å². The molecule has 2 fully saturated rings. The smallest absolute Gasteiger partial charge is 0.414 e. The number of alkyl halides is 2. The number of hydrogen-bond acceptors (Lipinski definition) is 7. The van der Waals surface area contributed by atoms with Crippen LogP contribution in [0, 0.1) is 6.92 Å². The van der Waals surface area contributed by atoms with Gasteiger partial charge in [0.05, 0.1) is 19.3 Å². The lowest BCUT2D eigenvalue weighted by Crippen LogP contribution is -2.50. The lowest BCUT2D eigenvalue weighted by atomic mass is 9.99. The average molecular weight is 539 g/mol. The van der Waals surface area contributed by atoms with Gasteiger partial charge in [0.15, 0.2) is 0 Å². The van der Waals surface area contributed by atoms with Crippen molar-refractivity contribution in [3.8, 4) is 0 Å². The Morgan fingerprint density at radius 2 is 1.66 bits per heavy atom. The van der Waals surface area contributed by atoms with E-state index in [9.17, 15) is 18.4 Å². The van der Waals surface area contributed by atoms with Crippen molar-refractivity contribution in [3.05, 3.63) is 62.2 Å². The zero-order valence-electron chi connectivity index (χ0n) is 21.3. The molecule has 2 saturated heterocycles. The van der Waals surface area contributed by atoms with Crippen LogP contribution >= 0.6 is 0 Å². The highest BCUT2D eigenvalue weighted by Gasteiger charge is 2.42. The minimum absolute atomic E-state index is 0.0608. The third-order valence-corrected chi connectivity index (χ3v) is 7.04. The van der Waals surface area contributed by atoms with Gasteiger partial charge in [-0.15, -0.1) is 0 Å². The average Bonchev–Trinajstić information content (AvgIpc) is 3.10. The van der Waals surface area contributed by atoms with Crippen molar-refractivity contribution in [1.29, 1.82) is 0 Å². The highest BCUT2D eigenvalue weighted by molar-refractivity contribution is 6.27. The Balaban J connectivity index is 0.000000599. The molecule has 0 aliphatic carbocycles. The molecule has 2 aromatic rings. The molecule has 3 heterocycles. The molecule has 1 aromatic heterocycles. The fourth-order valence-corrected chi connectivity index (χ4v) is 5.01. The summed E-state index contributed by atoms with van der Waals surface area (Å²) in [6.07, 6.45) is 2.27. The minimum Gasteiger partial charge on any atom is -0.473 e. The van der Waals surface area contributed by atoms with E-state index in [2.05, 4.69) is 9.88 Å². The molecule has 11 nitrogen and oxygen atoms in total. The third-order valence-electron chi connectivity index (χ3n) is 7.04. The molecule has 0 amide bonds. The fourth-order valence-electron chi connectivity index (χ4n) is 5.01. The summed E-state index contributed by atoms with van der Waals surface area (Å²) in [7, 11) is 1.52. The molecular formula is C25H32F2N4O7. The third kappa shape index (κ3) is 7.10.